The van der Waals surface area contributed by atoms with Crippen LogP contribution in [-0.2, 0) is 0 Å². The van der Waals surface area contributed by atoms with E-state index in [0.29, 0.717) is 5.92 Å². The van der Waals surface area contributed by atoms with Gasteiger partial charge in [0.1, 0.15) is 0 Å². The quantitative estimate of drug-likeness (QED) is 0.798. The van der Waals surface area contributed by atoms with E-state index < -0.39 is 0 Å². The van der Waals surface area contributed by atoms with E-state index in [1.807, 2.05) is 0 Å². The van der Waals surface area contributed by atoms with Crippen LogP contribution >= 0.6 is 0 Å². The second-order valence-electron chi connectivity index (χ2n) is 6.97. The van der Waals surface area contributed by atoms with Crippen molar-refractivity contribution in [3.8, 4) is 0 Å². The molecular formula is C17H32N2. The lowest BCUT2D eigenvalue weighted by molar-refractivity contribution is -0.0600. The molecule has 19 heavy (non-hydrogen) atoms. The lowest BCUT2D eigenvalue weighted by Crippen LogP contribution is -2.52. The Labute approximate surface area is 119 Å². The van der Waals surface area contributed by atoms with E-state index >= 15 is 0 Å². The van der Waals surface area contributed by atoms with Gasteiger partial charge in [-0.3, -0.25) is 0 Å². The topological polar surface area (TPSA) is 52.0 Å². The van der Waals surface area contributed by atoms with Crippen LogP contribution in [0.15, 0.2) is 12.3 Å². The van der Waals surface area contributed by atoms with E-state index in [2.05, 4.69) is 20.4 Å². The van der Waals surface area contributed by atoms with Crippen molar-refractivity contribution in [3.63, 3.8) is 0 Å². The fourth-order valence-corrected chi connectivity index (χ4v) is 4.95. The van der Waals surface area contributed by atoms with Crippen molar-refractivity contribution in [2.24, 2.45) is 47.0 Å². The molecule has 4 N–H and O–H groups in total. The largest absolute Gasteiger partial charge is 0.402 e. The highest BCUT2D eigenvalue weighted by atomic mass is 14.7. The molecular weight excluding hydrogens is 232 g/mol. The van der Waals surface area contributed by atoms with Crippen molar-refractivity contribution in [2.45, 2.75) is 52.4 Å². The molecule has 0 aromatic carbocycles. The third-order valence-corrected chi connectivity index (χ3v) is 6.03. The van der Waals surface area contributed by atoms with Crippen molar-refractivity contribution in [3.05, 3.63) is 12.3 Å². The molecule has 0 aromatic heterocycles. The van der Waals surface area contributed by atoms with Crippen LogP contribution < -0.4 is 11.5 Å². The second-order valence-corrected chi connectivity index (χ2v) is 6.97. The third kappa shape index (κ3) is 2.84. The molecule has 0 spiro atoms. The van der Waals surface area contributed by atoms with Crippen LogP contribution in [0.3, 0.4) is 0 Å². The van der Waals surface area contributed by atoms with Gasteiger partial charge < -0.3 is 11.5 Å². The zero-order valence-corrected chi connectivity index (χ0v) is 12.8. The first-order valence-electron chi connectivity index (χ1n) is 8.24. The summed E-state index contributed by atoms with van der Waals surface area (Å²) >= 11 is 0. The molecule has 2 saturated carbocycles. The molecule has 0 aromatic rings. The molecule has 0 amide bonds. The Morgan fingerprint density at radius 1 is 1.26 bits per heavy atom. The SMILES string of the molecule is C=C(N)[C@H](C)C[C@@H]1CCCCC2C(CN)C(CC)C21. The summed E-state index contributed by atoms with van der Waals surface area (Å²) in [6.07, 6.45) is 8.16. The molecule has 6 atom stereocenters. The highest BCUT2D eigenvalue weighted by Gasteiger charge is 2.51. The smallest absolute Gasteiger partial charge is 0.00363 e. The van der Waals surface area contributed by atoms with Crippen LogP contribution in [0.1, 0.15) is 52.4 Å². The van der Waals surface area contributed by atoms with Crippen molar-refractivity contribution in [1.29, 1.82) is 0 Å². The maximum Gasteiger partial charge on any atom is 0.00363 e. The Bertz CT molecular complexity index is 312. The number of hydrogen-bond donors (Lipinski definition) is 2. The maximum absolute atomic E-state index is 6.02. The second kappa shape index (κ2) is 6.30. The Hall–Kier alpha value is -0.500. The minimum atomic E-state index is 0.471. The molecule has 0 radical (unpaired) electrons. The molecule has 2 aliphatic rings. The summed E-state index contributed by atoms with van der Waals surface area (Å²) in [6.45, 7) is 9.41. The Morgan fingerprint density at radius 3 is 2.53 bits per heavy atom. The summed E-state index contributed by atoms with van der Waals surface area (Å²) in [5, 5.41) is 0. The molecule has 2 nitrogen and oxygen atoms in total. The molecule has 0 heterocycles. The van der Waals surface area contributed by atoms with Crippen molar-refractivity contribution < 1.29 is 0 Å². The van der Waals surface area contributed by atoms with Crippen molar-refractivity contribution >= 4 is 0 Å². The maximum atomic E-state index is 6.02. The van der Waals surface area contributed by atoms with E-state index in [1.54, 1.807) is 0 Å². The van der Waals surface area contributed by atoms with Gasteiger partial charge in [0.2, 0.25) is 0 Å². The summed E-state index contributed by atoms with van der Waals surface area (Å²) in [6, 6.07) is 0. The van der Waals surface area contributed by atoms with Gasteiger partial charge in [-0.2, -0.15) is 0 Å². The zero-order chi connectivity index (χ0) is 14.0. The van der Waals surface area contributed by atoms with Crippen molar-refractivity contribution in [1.82, 2.24) is 0 Å². The summed E-state index contributed by atoms with van der Waals surface area (Å²) in [4.78, 5) is 0. The lowest BCUT2D eigenvalue weighted by atomic mass is 9.50. The van der Waals surface area contributed by atoms with Crippen molar-refractivity contribution in [2.75, 3.05) is 6.54 Å². The summed E-state index contributed by atoms with van der Waals surface area (Å²) in [7, 11) is 0. The first kappa shape index (κ1) is 14.9. The van der Waals surface area contributed by atoms with E-state index in [4.69, 9.17) is 11.5 Å². The highest BCUT2D eigenvalue weighted by Crippen LogP contribution is 2.56. The van der Waals surface area contributed by atoms with Gasteiger partial charge in [0.15, 0.2) is 0 Å². The molecule has 2 heteroatoms. The minimum Gasteiger partial charge on any atom is -0.402 e. The van der Waals surface area contributed by atoms with Crippen LogP contribution in [0.4, 0.5) is 0 Å². The molecule has 2 fully saturated rings. The summed E-state index contributed by atoms with van der Waals surface area (Å²) < 4.78 is 0. The van der Waals surface area contributed by atoms with E-state index in [-0.39, 0.29) is 0 Å². The van der Waals surface area contributed by atoms with Crippen LogP contribution in [0.5, 0.6) is 0 Å². The average Bonchev–Trinajstić information content (AvgIpc) is 2.52. The third-order valence-electron chi connectivity index (χ3n) is 6.03. The number of allylic oxidation sites excluding steroid dienone is 1. The van der Waals surface area contributed by atoms with E-state index in [0.717, 1.165) is 41.8 Å². The lowest BCUT2D eigenvalue weighted by Gasteiger charge is -2.55. The van der Waals surface area contributed by atoms with Gasteiger partial charge in [-0.15, -0.1) is 0 Å². The Kier molecular flexibility index (Phi) is 4.94. The van der Waals surface area contributed by atoms with Crippen LogP contribution in [0.2, 0.25) is 0 Å². The van der Waals surface area contributed by atoms with E-state index in [1.165, 1.54) is 38.5 Å². The fourth-order valence-electron chi connectivity index (χ4n) is 4.95. The van der Waals surface area contributed by atoms with Gasteiger partial charge in [-0.25, -0.2) is 0 Å². The predicted molar refractivity (Wildman–Crippen MR) is 82.4 cm³/mol. The van der Waals surface area contributed by atoms with Gasteiger partial charge in [0.25, 0.3) is 0 Å². The molecule has 0 aliphatic heterocycles. The predicted octanol–water partition coefficient (Wildman–Crippen LogP) is 3.52. The Morgan fingerprint density at radius 2 is 1.95 bits per heavy atom. The van der Waals surface area contributed by atoms with Crippen LogP contribution in [0.25, 0.3) is 0 Å². The summed E-state index contributed by atoms with van der Waals surface area (Å²) in [5.41, 5.74) is 12.8. The van der Waals surface area contributed by atoms with Crippen LogP contribution in [-0.4, -0.2) is 6.54 Å². The minimum absolute atomic E-state index is 0.471. The normalized spacial score (nSPS) is 39.8. The standard InChI is InChI=1S/C17H32N2/c1-4-14-16(10-18)15-8-6-5-7-13(17(14)15)9-11(2)12(3)19/h11,13-17H,3-10,18-19H2,1-2H3/t11-,13+,14?,15?,16?,17?/m1/s1. The molecule has 0 saturated heterocycles. The van der Waals surface area contributed by atoms with Crippen LogP contribution in [0, 0.1) is 35.5 Å². The Balaban J connectivity index is 2.07. The summed E-state index contributed by atoms with van der Waals surface area (Å²) in [5.74, 6) is 4.82. The van der Waals surface area contributed by atoms with Gasteiger partial charge in [-0.1, -0.05) is 46.1 Å². The fraction of sp³-hybridized carbons (Fsp3) is 0.882. The van der Waals surface area contributed by atoms with Gasteiger partial charge >= 0.3 is 0 Å². The van der Waals surface area contributed by atoms with Gasteiger partial charge in [0.05, 0.1) is 0 Å². The molecule has 2 rings (SSSR count). The first-order chi connectivity index (χ1) is 9.10. The zero-order valence-electron chi connectivity index (χ0n) is 12.8. The molecule has 110 valence electrons. The van der Waals surface area contributed by atoms with Gasteiger partial charge in [0, 0.05) is 5.70 Å². The number of nitrogens with two attached hydrogens (primary N) is 2. The molecule has 2 aliphatic carbocycles. The average molecular weight is 264 g/mol. The van der Waals surface area contributed by atoms with E-state index in [9.17, 15) is 0 Å². The highest BCUT2D eigenvalue weighted by molar-refractivity contribution is 5.02. The monoisotopic (exact) mass is 264 g/mol. The molecule has 0 bridgehead atoms. The first-order valence-corrected chi connectivity index (χ1v) is 8.24. The molecule has 4 unspecified atom stereocenters. The number of hydrogen-bond acceptors (Lipinski definition) is 2. The number of rotatable bonds is 5. The number of fused-ring (bicyclic) bond motifs is 1. The van der Waals surface area contributed by atoms with Gasteiger partial charge in [-0.05, 0) is 54.9 Å².